The van der Waals surface area contributed by atoms with Gasteiger partial charge in [-0.1, -0.05) is 5.16 Å². The molecular weight excluding hydrogens is 258 g/mol. The fourth-order valence-electron chi connectivity index (χ4n) is 2.68. The quantitative estimate of drug-likeness (QED) is 0.812. The molecule has 20 heavy (non-hydrogen) atoms. The monoisotopic (exact) mass is 279 g/mol. The highest BCUT2D eigenvalue weighted by Gasteiger charge is 2.29. The smallest absolute Gasteiger partial charge is 0.241 e. The number of hydrogen-bond donors (Lipinski definition) is 0. The Bertz CT molecular complexity index is 504. The molecular formula is C14H21N3O3. The molecule has 1 aliphatic rings. The van der Waals surface area contributed by atoms with Gasteiger partial charge in [0.2, 0.25) is 11.8 Å². The van der Waals surface area contributed by atoms with Crippen LogP contribution in [0.2, 0.25) is 0 Å². The van der Waals surface area contributed by atoms with E-state index in [9.17, 15) is 9.59 Å². The summed E-state index contributed by atoms with van der Waals surface area (Å²) in [7, 11) is 1.77. The molecule has 110 valence electrons. The SMILES string of the molecule is Cc1noc(C)c1[C@H](C)C(=O)N1CCCN(C)C(=O)C1. The molecule has 6 nitrogen and oxygen atoms in total. The Hall–Kier alpha value is -1.85. The molecule has 2 amide bonds. The Morgan fingerprint density at radius 1 is 1.35 bits per heavy atom. The normalized spacial score (nSPS) is 18.1. The lowest BCUT2D eigenvalue weighted by Crippen LogP contribution is -2.40. The molecule has 0 aromatic carbocycles. The van der Waals surface area contributed by atoms with Gasteiger partial charge in [0.1, 0.15) is 5.76 Å². The summed E-state index contributed by atoms with van der Waals surface area (Å²) in [6.07, 6.45) is 0.808. The lowest BCUT2D eigenvalue weighted by molar-refractivity contribution is -0.138. The topological polar surface area (TPSA) is 66.7 Å². The molecule has 6 heteroatoms. The maximum atomic E-state index is 12.6. The lowest BCUT2D eigenvalue weighted by atomic mass is 9.98. The van der Waals surface area contributed by atoms with Crippen molar-refractivity contribution in [2.45, 2.75) is 33.1 Å². The molecule has 1 saturated heterocycles. The minimum Gasteiger partial charge on any atom is -0.361 e. The van der Waals surface area contributed by atoms with Gasteiger partial charge >= 0.3 is 0 Å². The van der Waals surface area contributed by atoms with Crippen molar-refractivity contribution >= 4 is 11.8 Å². The summed E-state index contributed by atoms with van der Waals surface area (Å²) in [5.41, 5.74) is 1.57. The Morgan fingerprint density at radius 2 is 2.05 bits per heavy atom. The van der Waals surface area contributed by atoms with E-state index in [0.29, 0.717) is 18.8 Å². The maximum absolute atomic E-state index is 12.6. The van der Waals surface area contributed by atoms with E-state index in [2.05, 4.69) is 5.16 Å². The van der Waals surface area contributed by atoms with E-state index in [4.69, 9.17) is 4.52 Å². The first-order valence-electron chi connectivity index (χ1n) is 6.87. The molecule has 1 fully saturated rings. The fraction of sp³-hybridized carbons (Fsp3) is 0.643. The minimum absolute atomic E-state index is 0.0122. The van der Waals surface area contributed by atoms with E-state index >= 15 is 0 Å². The zero-order chi connectivity index (χ0) is 14.9. The summed E-state index contributed by atoms with van der Waals surface area (Å²) in [6.45, 7) is 6.94. The predicted octanol–water partition coefficient (Wildman–Crippen LogP) is 1.09. The third-order valence-electron chi connectivity index (χ3n) is 3.88. The van der Waals surface area contributed by atoms with E-state index < -0.39 is 0 Å². The van der Waals surface area contributed by atoms with Gasteiger partial charge in [0.25, 0.3) is 0 Å². The molecule has 1 aliphatic heterocycles. The van der Waals surface area contributed by atoms with Crippen molar-refractivity contribution in [2.75, 3.05) is 26.7 Å². The van der Waals surface area contributed by atoms with E-state index in [-0.39, 0.29) is 24.3 Å². The first-order valence-corrected chi connectivity index (χ1v) is 6.87. The predicted molar refractivity (Wildman–Crippen MR) is 73.2 cm³/mol. The van der Waals surface area contributed by atoms with Crippen molar-refractivity contribution in [2.24, 2.45) is 0 Å². The second-order valence-electron chi connectivity index (χ2n) is 5.39. The standard InChI is InChI=1S/C14H21N3O3/c1-9(13-10(2)15-20-11(13)3)14(19)17-7-5-6-16(4)12(18)8-17/h9H,5-8H2,1-4H3/t9-/m0/s1. The van der Waals surface area contributed by atoms with E-state index in [1.165, 1.54) is 0 Å². The van der Waals surface area contributed by atoms with Gasteiger partial charge in [0.05, 0.1) is 18.2 Å². The van der Waals surface area contributed by atoms with Crippen LogP contribution in [0.25, 0.3) is 0 Å². The summed E-state index contributed by atoms with van der Waals surface area (Å²) >= 11 is 0. The van der Waals surface area contributed by atoms with Gasteiger partial charge in [-0.15, -0.1) is 0 Å². The van der Waals surface area contributed by atoms with Crippen molar-refractivity contribution < 1.29 is 14.1 Å². The highest BCUT2D eigenvalue weighted by molar-refractivity contribution is 5.88. The second-order valence-corrected chi connectivity index (χ2v) is 5.39. The van der Waals surface area contributed by atoms with Crippen molar-refractivity contribution in [3.8, 4) is 0 Å². The summed E-state index contributed by atoms with van der Waals surface area (Å²) in [4.78, 5) is 27.8. The van der Waals surface area contributed by atoms with Gasteiger partial charge < -0.3 is 14.3 Å². The van der Waals surface area contributed by atoms with Gasteiger partial charge in [-0.2, -0.15) is 0 Å². The van der Waals surface area contributed by atoms with Crippen LogP contribution < -0.4 is 0 Å². The molecule has 0 spiro atoms. The van der Waals surface area contributed by atoms with Crippen LogP contribution in [0.4, 0.5) is 0 Å². The summed E-state index contributed by atoms with van der Waals surface area (Å²) in [5.74, 6) is 0.281. The van der Waals surface area contributed by atoms with Crippen molar-refractivity contribution in [1.29, 1.82) is 0 Å². The summed E-state index contributed by atoms with van der Waals surface area (Å²) in [6, 6.07) is 0. The summed E-state index contributed by atoms with van der Waals surface area (Å²) in [5, 5.41) is 3.89. The van der Waals surface area contributed by atoms with E-state index in [1.807, 2.05) is 13.8 Å². The number of amides is 2. The third kappa shape index (κ3) is 2.69. The number of likely N-dealkylation sites (N-methyl/N-ethyl adjacent to an activating group) is 1. The minimum atomic E-state index is -0.336. The molecule has 0 radical (unpaired) electrons. The average molecular weight is 279 g/mol. The molecule has 0 bridgehead atoms. The Labute approximate surface area is 118 Å². The number of aryl methyl sites for hydroxylation is 2. The number of rotatable bonds is 2. The van der Waals surface area contributed by atoms with E-state index in [0.717, 1.165) is 17.7 Å². The number of carbonyl (C=O) groups excluding carboxylic acids is 2. The molecule has 1 aromatic rings. The zero-order valence-corrected chi connectivity index (χ0v) is 12.5. The molecule has 2 heterocycles. The molecule has 0 unspecified atom stereocenters. The molecule has 1 aromatic heterocycles. The number of hydrogen-bond acceptors (Lipinski definition) is 4. The van der Waals surface area contributed by atoms with Crippen LogP contribution in [-0.2, 0) is 9.59 Å². The van der Waals surface area contributed by atoms with Crippen molar-refractivity contribution in [3.63, 3.8) is 0 Å². The summed E-state index contributed by atoms with van der Waals surface area (Å²) < 4.78 is 5.12. The molecule has 0 N–H and O–H groups in total. The highest BCUT2D eigenvalue weighted by atomic mass is 16.5. The fourth-order valence-corrected chi connectivity index (χ4v) is 2.68. The third-order valence-corrected chi connectivity index (χ3v) is 3.88. The second kappa shape index (κ2) is 5.64. The van der Waals surface area contributed by atoms with Crippen LogP contribution in [0.3, 0.4) is 0 Å². The van der Waals surface area contributed by atoms with Gasteiger partial charge in [-0.25, -0.2) is 0 Å². The van der Waals surface area contributed by atoms with Crippen LogP contribution in [0, 0.1) is 13.8 Å². The van der Waals surface area contributed by atoms with Crippen LogP contribution in [0.1, 0.15) is 36.3 Å². The Kier molecular flexibility index (Phi) is 4.11. The van der Waals surface area contributed by atoms with Crippen LogP contribution in [0.15, 0.2) is 4.52 Å². The molecule has 0 saturated carbocycles. The Balaban J connectivity index is 2.16. The maximum Gasteiger partial charge on any atom is 0.241 e. The van der Waals surface area contributed by atoms with Crippen LogP contribution in [-0.4, -0.2) is 53.5 Å². The van der Waals surface area contributed by atoms with Gasteiger partial charge in [0, 0.05) is 25.7 Å². The lowest BCUT2D eigenvalue weighted by Gasteiger charge is -2.23. The molecule has 2 rings (SSSR count). The average Bonchev–Trinajstić information content (AvgIpc) is 2.64. The van der Waals surface area contributed by atoms with Gasteiger partial charge in [-0.05, 0) is 27.2 Å². The molecule has 1 atom stereocenters. The Morgan fingerprint density at radius 3 is 2.65 bits per heavy atom. The van der Waals surface area contributed by atoms with Crippen LogP contribution >= 0.6 is 0 Å². The largest absolute Gasteiger partial charge is 0.361 e. The van der Waals surface area contributed by atoms with Crippen molar-refractivity contribution in [1.82, 2.24) is 15.0 Å². The van der Waals surface area contributed by atoms with Crippen molar-refractivity contribution in [3.05, 3.63) is 17.0 Å². The number of aromatic nitrogens is 1. The van der Waals surface area contributed by atoms with Gasteiger partial charge in [0.15, 0.2) is 0 Å². The van der Waals surface area contributed by atoms with Crippen LogP contribution in [0.5, 0.6) is 0 Å². The first kappa shape index (κ1) is 14.6. The van der Waals surface area contributed by atoms with Gasteiger partial charge in [-0.3, -0.25) is 9.59 Å². The number of carbonyl (C=O) groups is 2. The first-order chi connectivity index (χ1) is 9.41. The zero-order valence-electron chi connectivity index (χ0n) is 12.5. The van der Waals surface area contributed by atoms with E-state index in [1.54, 1.807) is 23.8 Å². The number of nitrogens with zero attached hydrogens (tertiary/aromatic N) is 3. The highest BCUT2D eigenvalue weighted by Crippen LogP contribution is 2.25. The molecule has 0 aliphatic carbocycles.